The third kappa shape index (κ3) is 9.22. The summed E-state index contributed by atoms with van der Waals surface area (Å²) in [6.07, 6.45) is 1.42. The molecule has 0 spiro atoms. The van der Waals surface area contributed by atoms with Crippen molar-refractivity contribution in [3.63, 3.8) is 0 Å². The van der Waals surface area contributed by atoms with Gasteiger partial charge >= 0.3 is 11.9 Å². The normalized spacial score (nSPS) is 10.3. The average molecular weight is 459 g/mol. The average Bonchev–Trinajstić information content (AvgIpc) is 2.77. The van der Waals surface area contributed by atoms with Crippen molar-refractivity contribution in [2.75, 3.05) is 23.0 Å². The van der Waals surface area contributed by atoms with Crippen LogP contribution in [0, 0.1) is 0 Å². The number of anilines is 2. The van der Waals surface area contributed by atoms with E-state index in [0.717, 1.165) is 17.7 Å². The molecule has 0 bridgehead atoms. The van der Waals surface area contributed by atoms with E-state index in [4.69, 9.17) is 9.84 Å². The number of hydrogen-bond acceptors (Lipinski definition) is 6. The number of carboxylic acid groups (broad SMARTS) is 1. The topological polar surface area (TPSA) is 122 Å². The zero-order valence-electron chi connectivity index (χ0n) is 17.8. The lowest BCUT2D eigenvalue weighted by molar-refractivity contribution is -0.138. The molecule has 0 radical (unpaired) electrons. The van der Waals surface area contributed by atoms with E-state index in [-0.39, 0.29) is 36.4 Å². The van der Waals surface area contributed by atoms with Gasteiger partial charge in [-0.3, -0.25) is 14.4 Å². The fourth-order valence-electron chi connectivity index (χ4n) is 2.54. The third-order valence-electron chi connectivity index (χ3n) is 4.19. The van der Waals surface area contributed by atoms with Crippen molar-refractivity contribution >= 4 is 46.9 Å². The predicted octanol–water partition coefficient (Wildman–Crippen LogP) is 4.18. The number of benzene rings is 2. The smallest absolute Gasteiger partial charge is 0.338 e. The van der Waals surface area contributed by atoms with Crippen LogP contribution in [0.2, 0.25) is 0 Å². The number of hydrogen-bond donors (Lipinski definition) is 3. The molecule has 0 aromatic heterocycles. The predicted molar refractivity (Wildman–Crippen MR) is 123 cm³/mol. The van der Waals surface area contributed by atoms with E-state index in [1.54, 1.807) is 42.5 Å². The number of nitrogens with one attached hydrogen (secondary N) is 2. The highest BCUT2D eigenvalue weighted by atomic mass is 32.2. The van der Waals surface area contributed by atoms with Crippen molar-refractivity contribution in [2.45, 2.75) is 37.5 Å². The standard InChI is InChI=1S/C23H26N2O6S/c1-2-3-13-31-23(30)16-7-9-17(10-8-16)24-21(27)15-32-19-6-4-5-18(14-19)25-20(26)11-12-22(28)29/h4-10,14H,2-3,11-13,15H2,1H3,(H,24,27)(H,25,26)(H,28,29). The second-order valence-electron chi connectivity index (χ2n) is 6.87. The molecule has 8 nitrogen and oxygen atoms in total. The second kappa shape index (κ2) is 13.2. The van der Waals surface area contributed by atoms with Crippen LogP contribution in [0.1, 0.15) is 43.0 Å². The molecule has 0 atom stereocenters. The van der Waals surface area contributed by atoms with Crippen LogP contribution in [0.3, 0.4) is 0 Å². The zero-order valence-corrected chi connectivity index (χ0v) is 18.6. The van der Waals surface area contributed by atoms with Crippen LogP contribution in [0.5, 0.6) is 0 Å². The van der Waals surface area contributed by atoms with Crippen molar-refractivity contribution in [2.24, 2.45) is 0 Å². The molecule has 2 amide bonds. The second-order valence-corrected chi connectivity index (χ2v) is 7.92. The molecule has 0 aliphatic carbocycles. The summed E-state index contributed by atoms with van der Waals surface area (Å²) in [6, 6.07) is 13.5. The van der Waals surface area contributed by atoms with Gasteiger partial charge in [-0.15, -0.1) is 11.8 Å². The van der Waals surface area contributed by atoms with Crippen LogP contribution in [0.4, 0.5) is 11.4 Å². The van der Waals surface area contributed by atoms with E-state index in [1.165, 1.54) is 11.8 Å². The number of thioether (sulfide) groups is 1. The first kappa shape index (κ1) is 24.9. The summed E-state index contributed by atoms with van der Waals surface area (Å²) in [5.74, 6) is -1.87. The van der Waals surface area contributed by atoms with E-state index in [0.29, 0.717) is 23.5 Å². The van der Waals surface area contributed by atoms with Gasteiger partial charge in [0.1, 0.15) is 0 Å². The van der Waals surface area contributed by atoms with Gasteiger partial charge in [0.15, 0.2) is 0 Å². The summed E-state index contributed by atoms with van der Waals surface area (Å²) < 4.78 is 5.15. The number of ether oxygens (including phenoxy) is 1. The van der Waals surface area contributed by atoms with E-state index in [2.05, 4.69) is 10.6 Å². The molecule has 9 heteroatoms. The molecule has 0 saturated carbocycles. The number of carbonyl (C=O) groups excluding carboxylic acids is 3. The Morgan fingerprint density at radius 1 is 0.938 bits per heavy atom. The van der Waals surface area contributed by atoms with Gasteiger partial charge in [0.25, 0.3) is 0 Å². The number of rotatable bonds is 12. The first-order chi connectivity index (χ1) is 15.4. The van der Waals surface area contributed by atoms with Crippen molar-refractivity contribution in [1.82, 2.24) is 0 Å². The minimum atomic E-state index is -1.03. The Labute approximate surface area is 190 Å². The Morgan fingerprint density at radius 3 is 2.34 bits per heavy atom. The van der Waals surface area contributed by atoms with Gasteiger partial charge in [-0.25, -0.2) is 4.79 Å². The minimum Gasteiger partial charge on any atom is -0.481 e. The monoisotopic (exact) mass is 458 g/mol. The van der Waals surface area contributed by atoms with Crippen LogP contribution in [0.15, 0.2) is 53.4 Å². The number of carbonyl (C=O) groups is 4. The molecule has 0 fully saturated rings. The van der Waals surface area contributed by atoms with Gasteiger partial charge < -0.3 is 20.5 Å². The lowest BCUT2D eigenvalue weighted by atomic mass is 10.2. The molecule has 2 rings (SSSR count). The Morgan fingerprint density at radius 2 is 1.66 bits per heavy atom. The summed E-state index contributed by atoms with van der Waals surface area (Å²) in [5.41, 5.74) is 1.53. The molecular weight excluding hydrogens is 432 g/mol. The number of esters is 1. The summed E-state index contributed by atoms with van der Waals surface area (Å²) >= 11 is 1.29. The molecule has 0 saturated heterocycles. The van der Waals surface area contributed by atoms with Gasteiger partial charge in [-0.05, 0) is 48.9 Å². The van der Waals surface area contributed by atoms with Gasteiger partial charge in [0.2, 0.25) is 11.8 Å². The maximum atomic E-state index is 12.2. The molecule has 0 aliphatic rings. The van der Waals surface area contributed by atoms with Crippen molar-refractivity contribution in [3.05, 3.63) is 54.1 Å². The van der Waals surface area contributed by atoms with Crippen LogP contribution in [-0.4, -0.2) is 41.2 Å². The molecule has 3 N–H and O–H groups in total. The van der Waals surface area contributed by atoms with Crippen molar-refractivity contribution < 1.29 is 29.0 Å². The first-order valence-corrected chi connectivity index (χ1v) is 11.2. The van der Waals surface area contributed by atoms with Crippen LogP contribution >= 0.6 is 11.8 Å². The summed E-state index contributed by atoms with van der Waals surface area (Å²) in [7, 11) is 0. The van der Waals surface area contributed by atoms with Crippen LogP contribution < -0.4 is 10.6 Å². The molecule has 170 valence electrons. The van der Waals surface area contributed by atoms with E-state index >= 15 is 0 Å². The number of unbranched alkanes of at least 4 members (excludes halogenated alkanes) is 1. The van der Waals surface area contributed by atoms with Gasteiger partial charge in [-0.1, -0.05) is 19.4 Å². The molecule has 0 unspecified atom stereocenters. The van der Waals surface area contributed by atoms with Crippen LogP contribution in [-0.2, 0) is 19.1 Å². The molecule has 2 aromatic rings. The summed E-state index contributed by atoms with van der Waals surface area (Å²) in [6.45, 7) is 2.40. The van der Waals surface area contributed by atoms with Gasteiger partial charge in [-0.2, -0.15) is 0 Å². The molecule has 0 aliphatic heterocycles. The lowest BCUT2D eigenvalue weighted by Gasteiger charge is -2.08. The van der Waals surface area contributed by atoms with E-state index in [9.17, 15) is 19.2 Å². The Balaban J connectivity index is 1.81. The zero-order chi connectivity index (χ0) is 23.3. The quantitative estimate of drug-likeness (QED) is 0.248. The van der Waals surface area contributed by atoms with Gasteiger partial charge in [0, 0.05) is 22.7 Å². The highest BCUT2D eigenvalue weighted by molar-refractivity contribution is 8.00. The molecule has 2 aromatic carbocycles. The van der Waals surface area contributed by atoms with Crippen molar-refractivity contribution in [3.8, 4) is 0 Å². The molecule has 0 heterocycles. The number of carboxylic acids is 1. The highest BCUT2D eigenvalue weighted by Crippen LogP contribution is 2.22. The van der Waals surface area contributed by atoms with E-state index in [1.807, 2.05) is 13.0 Å². The lowest BCUT2D eigenvalue weighted by Crippen LogP contribution is -2.14. The SMILES string of the molecule is CCCCOC(=O)c1ccc(NC(=O)CSc2cccc(NC(=O)CCC(=O)O)c2)cc1. The highest BCUT2D eigenvalue weighted by Gasteiger charge is 2.09. The maximum Gasteiger partial charge on any atom is 0.338 e. The Kier molecular flexibility index (Phi) is 10.3. The molecule has 32 heavy (non-hydrogen) atoms. The fraction of sp³-hybridized carbons (Fsp3) is 0.304. The minimum absolute atomic E-state index is 0.107. The van der Waals surface area contributed by atoms with Gasteiger partial charge in [0.05, 0.1) is 24.3 Å². The van der Waals surface area contributed by atoms with Crippen molar-refractivity contribution in [1.29, 1.82) is 0 Å². The Bertz CT molecular complexity index is 946. The summed E-state index contributed by atoms with van der Waals surface area (Å²) in [4.78, 5) is 47.2. The van der Waals surface area contributed by atoms with E-state index < -0.39 is 5.97 Å². The fourth-order valence-corrected chi connectivity index (χ4v) is 3.29. The van der Waals surface area contributed by atoms with Crippen LogP contribution in [0.25, 0.3) is 0 Å². The largest absolute Gasteiger partial charge is 0.481 e. The first-order valence-electron chi connectivity index (χ1n) is 10.2. The molecular formula is C23H26N2O6S. The number of amides is 2. The maximum absolute atomic E-state index is 12.2. The summed E-state index contributed by atoms with van der Waals surface area (Å²) in [5, 5.41) is 14.0. The Hall–Kier alpha value is -3.33. The third-order valence-corrected chi connectivity index (χ3v) is 5.18. The number of aliphatic carboxylic acids is 1.